The number of hydrogen-bond donors (Lipinski definition) is 1. The molecule has 1 aromatic heterocycles. The minimum Gasteiger partial charge on any atom is -0.372 e. The number of nitrogens with zero attached hydrogens (tertiary/aromatic N) is 4. The Balaban J connectivity index is 3.16. The zero-order chi connectivity index (χ0) is 12.8. The van der Waals surface area contributed by atoms with E-state index in [1.807, 2.05) is 0 Å². The summed E-state index contributed by atoms with van der Waals surface area (Å²) in [5, 5.41) is 7.26. The summed E-state index contributed by atoms with van der Waals surface area (Å²) in [6.07, 6.45) is 0. The Labute approximate surface area is 101 Å². The molecule has 0 spiro atoms. The van der Waals surface area contributed by atoms with Crippen LogP contribution in [-0.2, 0) is 9.13 Å². The van der Waals surface area contributed by atoms with Gasteiger partial charge in [-0.3, -0.25) is 4.79 Å². The second kappa shape index (κ2) is 5.69. The Morgan fingerprint density at radius 2 is 2.29 bits per heavy atom. The minimum atomic E-state index is -0.735. The maximum Gasteiger partial charge on any atom is 0.296 e. The average Bonchev–Trinajstić information content (AvgIpc) is 2.62. The van der Waals surface area contributed by atoms with E-state index in [9.17, 15) is 4.79 Å². The minimum absolute atomic E-state index is 0.0484. The third-order valence-electron chi connectivity index (χ3n) is 1.60. The Kier molecular flexibility index (Phi) is 4.27. The van der Waals surface area contributed by atoms with Gasteiger partial charge in [0, 0.05) is 12.8 Å². The molecule has 0 bridgehead atoms. The Morgan fingerprint density at radius 3 is 2.82 bits per heavy atom. The molecule has 8 heteroatoms. The lowest BCUT2D eigenvalue weighted by molar-refractivity contribution is -0.124. The van der Waals surface area contributed by atoms with Crippen LogP contribution in [0.5, 0.6) is 0 Å². The summed E-state index contributed by atoms with van der Waals surface area (Å²) in [4.78, 5) is 20.9. The maximum atomic E-state index is 10.9. The lowest BCUT2D eigenvalue weighted by Crippen LogP contribution is -1.93. The van der Waals surface area contributed by atoms with Gasteiger partial charge in [-0.15, -0.1) is 0 Å². The number of carbonyl (C=O) groups is 1. The molecule has 1 rings (SSSR count). The molecular formula is C9H4N4O3S. The Hall–Kier alpha value is -2.31. The average molecular weight is 248 g/mol. The fourth-order valence-electron chi connectivity index (χ4n) is 0.972. The third-order valence-corrected chi connectivity index (χ3v) is 1.93. The monoisotopic (exact) mass is 248 g/mol. The van der Waals surface area contributed by atoms with Gasteiger partial charge in [0.2, 0.25) is 0 Å². The van der Waals surface area contributed by atoms with E-state index in [2.05, 4.69) is 31.0 Å². The van der Waals surface area contributed by atoms with Crippen LogP contribution in [0.2, 0.25) is 0 Å². The summed E-state index contributed by atoms with van der Waals surface area (Å²) in [5.74, 6) is 2.34. The second-order valence-electron chi connectivity index (χ2n) is 2.55. The van der Waals surface area contributed by atoms with E-state index in [0.717, 1.165) is 4.57 Å². The van der Waals surface area contributed by atoms with Gasteiger partial charge in [-0.2, -0.15) is 8.90 Å². The van der Waals surface area contributed by atoms with Crippen LogP contribution < -0.4 is 0 Å². The van der Waals surface area contributed by atoms with Crippen LogP contribution in [0.1, 0.15) is 5.82 Å². The van der Waals surface area contributed by atoms with E-state index in [1.54, 1.807) is 6.92 Å². The van der Waals surface area contributed by atoms with Crippen molar-refractivity contribution in [2.24, 2.45) is 0 Å². The van der Waals surface area contributed by atoms with E-state index >= 15 is 0 Å². The first-order chi connectivity index (χ1) is 8.13. The van der Waals surface area contributed by atoms with Gasteiger partial charge in [0.25, 0.3) is 22.6 Å². The summed E-state index contributed by atoms with van der Waals surface area (Å²) < 4.78 is 4.67. The zero-order valence-electron chi connectivity index (χ0n) is 8.46. The van der Waals surface area contributed by atoms with Crippen LogP contribution in [-0.4, -0.2) is 19.9 Å². The summed E-state index contributed by atoms with van der Waals surface area (Å²) in [5.41, 5.74) is 0. The van der Waals surface area contributed by atoms with Gasteiger partial charge >= 0.3 is 0 Å². The second-order valence-corrected chi connectivity index (χ2v) is 3.23. The number of hydrogen-bond acceptors (Lipinski definition) is 5. The van der Waals surface area contributed by atoms with Crippen molar-refractivity contribution in [3.63, 3.8) is 0 Å². The molecule has 7 nitrogen and oxygen atoms in total. The van der Waals surface area contributed by atoms with Crippen molar-refractivity contribution in [1.82, 2.24) is 9.55 Å². The number of imidazole rings is 1. The van der Waals surface area contributed by atoms with Crippen LogP contribution in [0.15, 0.2) is 0 Å². The van der Waals surface area contributed by atoms with Crippen molar-refractivity contribution in [1.29, 1.82) is 0 Å². The van der Waals surface area contributed by atoms with Crippen LogP contribution in [0.25, 0.3) is 9.69 Å². The molecule has 0 fully saturated rings. The van der Waals surface area contributed by atoms with Crippen molar-refractivity contribution in [3.8, 4) is 12.0 Å². The SMILES string of the molecule is [C-]#[N+]c1nc(C)n(C#CC(=O)SOO)c1[N+]#[C-]. The highest BCUT2D eigenvalue weighted by Gasteiger charge is 2.17. The molecule has 0 aliphatic heterocycles. The highest BCUT2D eigenvalue weighted by molar-refractivity contribution is 8.10. The van der Waals surface area contributed by atoms with Gasteiger partial charge in [-0.05, 0) is 0 Å². The summed E-state index contributed by atoms with van der Waals surface area (Å²) in [6.45, 7) is 15.3. The molecule has 0 aliphatic rings. The molecule has 0 saturated carbocycles. The van der Waals surface area contributed by atoms with Crippen LogP contribution in [0.4, 0.5) is 11.6 Å². The van der Waals surface area contributed by atoms with Gasteiger partial charge in [0.15, 0.2) is 0 Å². The van der Waals surface area contributed by atoms with Crippen molar-refractivity contribution in [2.45, 2.75) is 6.92 Å². The smallest absolute Gasteiger partial charge is 0.296 e. The number of carbonyl (C=O) groups excluding carboxylic acids is 1. The number of aryl methyl sites for hydroxylation is 1. The van der Waals surface area contributed by atoms with E-state index in [1.165, 1.54) is 0 Å². The first-order valence-corrected chi connectivity index (χ1v) is 4.76. The molecule has 0 amide bonds. The lowest BCUT2D eigenvalue weighted by atomic mass is 10.6. The zero-order valence-corrected chi connectivity index (χ0v) is 9.28. The Bertz CT molecular complexity index is 597. The van der Waals surface area contributed by atoms with Crippen LogP contribution in [0, 0.1) is 32.0 Å². The molecule has 1 heterocycles. The molecule has 0 unspecified atom stereocenters. The van der Waals surface area contributed by atoms with Crippen molar-refractivity contribution < 1.29 is 14.4 Å². The first-order valence-electron chi connectivity index (χ1n) is 4.02. The van der Waals surface area contributed by atoms with E-state index in [-0.39, 0.29) is 23.7 Å². The predicted octanol–water partition coefficient (Wildman–Crippen LogP) is 1.77. The topological polar surface area (TPSA) is 73.1 Å². The quantitative estimate of drug-likeness (QED) is 0.269. The third kappa shape index (κ3) is 2.83. The molecule has 0 aromatic carbocycles. The van der Waals surface area contributed by atoms with Crippen LogP contribution in [0.3, 0.4) is 0 Å². The van der Waals surface area contributed by atoms with E-state index in [4.69, 9.17) is 18.4 Å². The summed E-state index contributed by atoms with van der Waals surface area (Å²) in [6, 6.07) is 2.36. The van der Waals surface area contributed by atoms with E-state index in [0.29, 0.717) is 5.82 Å². The molecule has 17 heavy (non-hydrogen) atoms. The predicted molar refractivity (Wildman–Crippen MR) is 59.0 cm³/mol. The van der Waals surface area contributed by atoms with Crippen molar-refractivity contribution in [2.75, 3.05) is 0 Å². The van der Waals surface area contributed by atoms with Crippen molar-refractivity contribution in [3.05, 3.63) is 28.7 Å². The van der Waals surface area contributed by atoms with Crippen LogP contribution >= 0.6 is 12.0 Å². The standard InChI is InChI=1S/C9H4N4O3S/c1-6-12-8(10-2)9(11-3)13(6)5-4-7(14)17-16-15/h15H,1H3. The molecule has 0 radical (unpaired) electrons. The maximum absolute atomic E-state index is 10.9. The van der Waals surface area contributed by atoms with Gasteiger partial charge < -0.3 is 9.69 Å². The molecular weight excluding hydrogens is 244 g/mol. The lowest BCUT2D eigenvalue weighted by Gasteiger charge is -1.89. The molecule has 1 aromatic rings. The van der Waals surface area contributed by atoms with Gasteiger partial charge in [-0.1, -0.05) is 18.1 Å². The normalized spacial score (nSPS) is 8.71. The van der Waals surface area contributed by atoms with Crippen molar-refractivity contribution >= 4 is 28.8 Å². The van der Waals surface area contributed by atoms with E-state index < -0.39 is 5.12 Å². The number of rotatable bonds is 1. The molecule has 0 atom stereocenters. The molecule has 0 aliphatic carbocycles. The Morgan fingerprint density at radius 1 is 1.59 bits per heavy atom. The molecule has 84 valence electrons. The number of aromatic nitrogens is 2. The molecule has 0 saturated heterocycles. The van der Waals surface area contributed by atoms with Gasteiger partial charge in [-0.25, -0.2) is 5.26 Å². The fraction of sp³-hybridized carbons (Fsp3) is 0.111. The first kappa shape index (κ1) is 12.8. The summed E-state index contributed by atoms with van der Waals surface area (Å²) >= 11 is 0.154. The largest absolute Gasteiger partial charge is 0.372 e. The fourth-order valence-corrected chi connectivity index (χ4v) is 1.13. The highest BCUT2D eigenvalue weighted by atomic mass is 32.2. The molecule has 1 N–H and O–H groups in total. The van der Waals surface area contributed by atoms with Gasteiger partial charge in [0.1, 0.15) is 18.1 Å². The highest BCUT2D eigenvalue weighted by Crippen LogP contribution is 2.27. The van der Waals surface area contributed by atoms with Gasteiger partial charge in [0.05, 0.1) is 0 Å². The summed E-state index contributed by atoms with van der Waals surface area (Å²) in [7, 11) is 0.